The van der Waals surface area contributed by atoms with Crippen molar-refractivity contribution in [3.63, 3.8) is 0 Å². The summed E-state index contributed by atoms with van der Waals surface area (Å²) in [7, 11) is 0. The second kappa shape index (κ2) is 7.52. The summed E-state index contributed by atoms with van der Waals surface area (Å²) in [6.45, 7) is 5.76. The Labute approximate surface area is 144 Å². The molecule has 2 aromatic rings. The molecule has 0 saturated carbocycles. The van der Waals surface area contributed by atoms with Gasteiger partial charge in [0.1, 0.15) is 0 Å². The van der Waals surface area contributed by atoms with E-state index in [9.17, 15) is 4.79 Å². The Kier molecular flexibility index (Phi) is 5.19. The molecular formula is C21H26N2O. The minimum atomic E-state index is 0.0329. The van der Waals surface area contributed by atoms with E-state index in [1.54, 1.807) is 0 Å². The molecule has 1 fully saturated rings. The van der Waals surface area contributed by atoms with E-state index in [2.05, 4.69) is 35.6 Å². The van der Waals surface area contributed by atoms with E-state index in [-0.39, 0.29) is 6.03 Å². The number of anilines is 1. The van der Waals surface area contributed by atoms with Crippen LogP contribution in [0, 0.1) is 19.8 Å². The van der Waals surface area contributed by atoms with Crippen LogP contribution in [0.25, 0.3) is 0 Å². The van der Waals surface area contributed by atoms with E-state index in [0.717, 1.165) is 49.2 Å². The lowest BCUT2D eigenvalue weighted by Gasteiger charge is -2.32. The van der Waals surface area contributed by atoms with Gasteiger partial charge >= 0.3 is 6.03 Å². The Balaban J connectivity index is 1.54. The molecule has 3 rings (SSSR count). The molecule has 3 heteroatoms. The number of likely N-dealkylation sites (tertiary alicyclic amines) is 1. The number of hydrogen-bond acceptors (Lipinski definition) is 1. The van der Waals surface area contributed by atoms with E-state index >= 15 is 0 Å². The van der Waals surface area contributed by atoms with Gasteiger partial charge in [-0.05, 0) is 55.7 Å². The number of urea groups is 1. The summed E-state index contributed by atoms with van der Waals surface area (Å²) < 4.78 is 0. The summed E-state index contributed by atoms with van der Waals surface area (Å²) >= 11 is 0. The fourth-order valence-electron chi connectivity index (χ4n) is 3.49. The molecule has 24 heavy (non-hydrogen) atoms. The smallest absolute Gasteiger partial charge is 0.321 e. The van der Waals surface area contributed by atoms with Crippen molar-refractivity contribution in [2.24, 2.45) is 5.92 Å². The van der Waals surface area contributed by atoms with E-state index in [4.69, 9.17) is 0 Å². The summed E-state index contributed by atoms with van der Waals surface area (Å²) in [4.78, 5) is 14.5. The van der Waals surface area contributed by atoms with Gasteiger partial charge in [0.05, 0.1) is 0 Å². The molecule has 1 N–H and O–H groups in total. The summed E-state index contributed by atoms with van der Waals surface area (Å²) in [6, 6.07) is 16.8. The summed E-state index contributed by atoms with van der Waals surface area (Å²) in [5.74, 6) is 0.677. The highest BCUT2D eigenvalue weighted by molar-refractivity contribution is 5.91. The first-order chi connectivity index (χ1) is 11.6. The van der Waals surface area contributed by atoms with Crippen molar-refractivity contribution in [1.29, 1.82) is 0 Å². The summed E-state index contributed by atoms with van der Waals surface area (Å²) in [5.41, 5.74) is 4.58. The SMILES string of the molecule is Cc1cccc(C)c1NC(=O)N1CCC(Cc2ccccc2)CC1. The topological polar surface area (TPSA) is 32.3 Å². The van der Waals surface area contributed by atoms with Crippen molar-refractivity contribution >= 4 is 11.7 Å². The predicted octanol–water partition coefficient (Wildman–Crippen LogP) is 4.79. The first kappa shape index (κ1) is 16.6. The molecule has 0 bridgehead atoms. The van der Waals surface area contributed by atoms with Crippen molar-refractivity contribution in [2.75, 3.05) is 18.4 Å². The van der Waals surface area contributed by atoms with Crippen LogP contribution >= 0.6 is 0 Å². The normalized spacial score (nSPS) is 15.3. The molecule has 1 heterocycles. The quantitative estimate of drug-likeness (QED) is 0.865. The van der Waals surface area contributed by atoms with E-state index in [1.807, 2.05) is 36.9 Å². The number of carbonyl (C=O) groups is 1. The zero-order valence-corrected chi connectivity index (χ0v) is 14.6. The van der Waals surface area contributed by atoms with Gasteiger partial charge in [0.2, 0.25) is 0 Å². The third-order valence-corrected chi connectivity index (χ3v) is 4.98. The molecule has 2 amide bonds. The van der Waals surface area contributed by atoms with Gasteiger partial charge in [0, 0.05) is 18.8 Å². The zero-order chi connectivity index (χ0) is 16.9. The second-order valence-electron chi connectivity index (χ2n) is 6.82. The van der Waals surface area contributed by atoms with Crippen LogP contribution in [0.1, 0.15) is 29.5 Å². The van der Waals surface area contributed by atoms with Crippen LogP contribution in [0.5, 0.6) is 0 Å². The molecule has 0 spiro atoms. The largest absolute Gasteiger partial charge is 0.325 e. The van der Waals surface area contributed by atoms with Crippen LogP contribution in [0.4, 0.5) is 10.5 Å². The third-order valence-electron chi connectivity index (χ3n) is 4.98. The van der Waals surface area contributed by atoms with Gasteiger partial charge in [-0.3, -0.25) is 0 Å². The molecule has 0 radical (unpaired) electrons. The molecule has 0 atom stereocenters. The predicted molar refractivity (Wildman–Crippen MR) is 99.4 cm³/mol. The zero-order valence-electron chi connectivity index (χ0n) is 14.6. The number of para-hydroxylation sites is 1. The van der Waals surface area contributed by atoms with Crippen LogP contribution in [-0.2, 0) is 6.42 Å². The molecule has 2 aromatic carbocycles. The maximum absolute atomic E-state index is 12.6. The first-order valence-corrected chi connectivity index (χ1v) is 8.79. The fraction of sp³-hybridized carbons (Fsp3) is 0.381. The van der Waals surface area contributed by atoms with Crippen molar-refractivity contribution in [2.45, 2.75) is 33.1 Å². The van der Waals surface area contributed by atoms with Crippen molar-refractivity contribution in [1.82, 2.24) is 4.90 Å². The van der Waals surface area contributed by atoms with Crippen LogP contribution in [0.3, 0.4) is 0 Å². The Morgan fingerprint density at radius 3 is 2.25 bits per heavy atom. The van der Waals surface area contributed by atoms with E-state index < -0.39 is 0 Å². The molecule has 1 aliphatic heterocycles. The fourth-order valence-corrected chi connectivity index (χ4v) is 3.49. The number of amides is 2. The van der Waals surface area contributed by atoms with Crippen LogP contribution < -0.4 is 5.32 Å². The highest BCUT2D eigenvalue weighted by atomic mass is 16.2. The lowest BCUT2D eigenvalue weighted by atomic mass is 9.90. The number of carbonyl (C=O) groups excluding carboxylic acids is 1. The average molecular weight is 322 g/mol. The highest BCUT2D eigenvalue weighted by Crippen LogP contribution is 2.24. The Morgan fingerprint density at radius 1 is 1.00 bits per heavy atom. The van der Waals surface area contributed by atoms with Crippen molar-refractivity contribution in [3.8, 4) is 0 Å². The maximum atomic E-state index is 12.6. The molecule has 0 aromatic heterocycles. The number of nitrogens with zero attached hydrogens (tertiary/aromatic N) is 1. The Hall–Kier alpha value is -2.29. The van der Waals surface area contributed by atoms with E-state index in [1.165, 1.54) is 5.56 Å². The second-order valence-corrected chi connectivity index (χ2v) is 6.82. The maximum Gasteiger partial charge on any atom is 0.321 e. The monoisotopic (exact) mass is 322 g/mol. The average Bonchev–Trinajstić information content (AvgIpc) is 2.60. The lowest BCUT2D eigenvalue weighted by Crippen LogP contribution is -2.41. The van der Waals surface area contributed by atoms with Gasteiger partial charge < -0.3 is 10.2 Å². The third kappa shape index (κ3) is 3.97. The highest BCUT2D eigenvalue weighted by Gasteiger charge is 2.23. The van der Waals surface area contributed by atoms with Gasteiger partial charge in [-0.25, -0.2) is 4.79 Å². The number of piperidine rings is 1. The van der Waals surface area contributed by atoms with Gasteiger partial charge in [-0.1, -0.05) is 48.5 Å². The van der Waals surface area contributed by atoms with Crippen molar-refractivity contribution in [3.05, 3.63) is 65.2 Å². The molecule has 0 unspecified atom stereocenters. The molecule has 1 aliphatic rings. The number of benzene rings is 2. The van der Waals surface area contributed by atoms with Gasteiger partial charge in [0.15, 0.2) is 0 Å². The van der Waals surface area contributed by atoms with Crippen LogP contribution in [0.2, 0.25) is 0 Å². The van der Waals surface area contributed by atoms with Gasteiger partial charge in [-0.2, -0.15) is 0 Å². The Bertz CT molecular complexity index is 668. The number of nitrogens with one attached hydrogen (secondary N) is 1. The Morgan fingerprint density at radius 2 is 1.62 bits per heavy atom. The standard InChI is InChI=1S/C21H26N2O/c1-16-7-6-8-17(2)20(16)22-21(24)23-13-11-19(12-14-23)15-18-9-4-3-5-10-18/h3-10,19H,11-15H2,1-2H3,(H,22,24). The molecule has 1 saturated heterocycles. The van der Waals surface area contributed by atoms with Crippen LogP contribution in [0.15, 0.2) is 48.5 Å². The first-order valence-electron chi connectivity index (χ1n) is 8.79. The number of rotatable bonds is 3. The number of aryl methyl sites for hydroxylation is 2. The van der Waals surface area contributed by atoms with E-state index in [0.29, 0.717) is 5.92 Å². The summed E-state index contributed by atoms with van der Waals surface area (Å²) in [6.07, 6.45) is 3.28. The minimum absolute atomic E-state index is 0.0329. The molecule has 3 nitrogen and oxygen atoms in total. The minimum Gasteiger partial charge on any atom is -0.325 e. The molecular weight excluding hydrogens is 296 g/mol. The molecule has 0 aliphatic carbocycles. The van der Waals surface area contributed by atoms with Gasteiger partial charge in [-0.15, -0.1) is 0 Å². The van der Waals surface area contributed by atoms with Crippen LogP contribution in [-0.4, -0.2) is 24.0 Å². The summed E-state index contributed by atoms with van der Waals surface area (Å²) in [5, 5.41) is 3.10. The number of hydrogen-bond donors (Lipinski definition) is 1. The lowest BCUT2D eigenvalue weighted by molar-refractivity contribution is 0.182. The van der Waals surface area contributed by atoms with Gasteiger partial charge in [0.25, 0.3) is 0 Å². The molecule has 126 valence electrons. The van der Waals surface area contributed by atoms with Crippen molar-refractivity contribution < 1.29 is 4.79 Å².